The highest BCUT2D eigenvalue weighted by atomic mass is 35.5. The van der Waals surface area contributed by atoms with E-state index in [1.807, 2.05) is 27.7 Å². The Kier molecular flexibility index (Phi) is 5.71. The SMILES string of the molecule is CC(C)C(=NNC(=O)CCl)C(C)C. The summed E-state index contributed by atoms with van der Waals surface area (Å²) in [6, 6.07) is 0. The quantitative estimate of drug-likeness (QED) is 0.425. The van der Waals surface area contributed by atoms with E-state index in [1.165, 1.54) is 0 Å². The molecular weight excluding hydrogens is 188 g/mol. The molecule has 76 valence electrons. The molecule has 0 aliphatic rings. The third-order valence-electron chi connectivity index (χ3n) is 1.61. The van der Waals surface area contributed by atoms with Crippen molar-refractivity contribution in [2.45, 2.75) is 27.7 Å². The lowest BCUT2D eigenvalue weighted by atomic mass is 9.98. The maximum Gasteiger partial charge on any atom is 0.254 e. The number of hydrogen-bond donors (Lipinski definition) is 1. The minimum absolute atomic E-state index is 0.0486. The van der Waals surface area contributed by atoms with Crippen LogP contribution in [0.2, 0.25) is 0 Å². The Labute approximate surface area is 84.5 Å². The molecule has 0 aromatic carbocycles. The minimum Gasteiger partial charge on any atom is -0.272 e. The lowest BCUT2D eigenvalue weighted by molar-refractivity contribution is -0.118. The van der Waals surface area contributed by atoms with Gasteiger partial charge in [0.2, 0.25) is 0 Å². The number of carbonyl (C=O) groups excluding carboxylic acids is 1. The van der Waals surface area contributed by atoms with Gasteiger partial charge in [0.1, 0.15) is 5.88 Å². The summed E-state index contributed by atoms with van der Waals surface area (Å²) in [6.07, 6.45) is 0. The van der Waals surface area contributed by atoms with Gasteiger partial charge < -0.3 is 0 Å². The molecule has 0 fully saturated rings. The van der Waals surface area contributed by atoms with E-state index in [9.17, 15) is 4.79 Å². The molecule has 0 aromatic heterocycles. The first-order valence-corrected chi connectivity index (χ1v) is 4.94. The van der Waals surface area contributed by atoms with E-state index in [1.54, 1.807) is 0 Å². The van der Waals surface area contributed by atoms with Crippen LogP contribution in [-0.4, -0.2) is 17.5 Å². The van der Waals surface area contributed by atoms with Gasteiger partial charge >= 0.3 is 0 Å². The predicted molar refractivity (Wildman–Crippen MR) is 56.0 cm³/mol. The average molecular weight is 205 g/mol. The fourth-order valence-corrected chi connectivity index (χ4v) is 1.14. The molecule has 0 aliphatic heterocycles. The summed E-state index contributed by atoms with van der Waals surface area (Å²) >= 11 is 5.31. The van der Waals surface area contributed by atoms with E-state index in [4.69, 9.17) is 11.6 Å². The molecule has 0 spiro atoms. The first-order chi connectivity index (χ1) is 5.99. The normalized spacial score (nSPS) is 10.4. The van der Waals surface area contributed by atoms with Crippen LogP contribution in [0.5, 0.6) is 0 Å². The Morgan fingerprint density at radius 3 is 2.08 bits per heavy atom. The Bertz CT molecular complexity index is 190. The summed E-state index contributed by atoms with van der Waals surface area (Å²) in [5, 5.41) is 4.03. The van der Waals surface area contributed by atoms with Crippen LogP contribution in [-0.2, 0) is 4.79 Å². The zero-order valence-electron chi connectivity index (χ0n) is 8.60. The number of alkyl halides is 1. The van der Waals surface area contributed by atoms with E-state index < -0.39 is 0 Å². The predicted octanol–water partition coefficient (Wildman–Crippen LogP) is 2.01. The summed E-state index contributed by atoms with van der Waals surface area (Å²) < 4.78 is 0. The fraction of sp³-hybridized carbons (Fsp3) is 0.778. The molecule has 4 heteroatoms. The van der Waals surface area contributed by atoms with E-state index in [-0.39, 0.29) is 11.8 Å². The topological polar surface area (TPSA) is 41.5 Å². The van der Waals surface area contributed by atoms with Crippen molar-refractivity contribution in [1.29, 1.82) is 0 Å². The standard InChI is InChI=1S/C9H17ClN2O/c1-6(2)9(7(3)4)12-11-8(13)5-10/h6-7H,5H2,1-4H3,(H,11,13). The Balaban J connectivity index is 4.29. The van der Waals surface area contributed by atoms with Crippen LogP contribution < -0.4 is 5.43 Å². The number of rotatable bonds is 4. The number of nitrogens with zero attached hydrogens (tertiary/aromatic N) is 1. The van der Waals surface area contributed by atoms with Crippen molar-refractivity contribution in [2.75, 3.05) is 5.88 Å². The van der Waals surface area contributed by atoms with Gasteiger partial charge in [0.15, 0.2) is 0 Å². The second-order valence-corrected chi connectivity index (χ2v) is 3.78. The van der Waals surface area contributed by atoms with Gasteiger partial charge in [0, 0.05) is 5.71 Å². The van der Waals surface area contributed by atoms with Gasteiger partial charge in [-0.05, 0) is 11.8 Å². The van der Waals surface area contributed by atoms with Gasteiger partial charge in [0.05, 0.1) is 0 Å². The monoisotopic (exact) mass is 204 g/mol. The number of halogens is 1. The van der Waals surface area contributed by atoms with Gasteiger partial charge in [-0.15, -0.1) is 11.6 Å². The van der Waals surface area contributed by atoms with Crippen LogP contribution in [0.4, 0.5) is 0 Å². The fourth-order valence-electron chi connectivity index (χ4n) is 1.08. The van der Waals surface area contributed by atoms with Crippen LogP contribution >= 0.6 is 11.6 Å². The van der Waals surface area contributed by atoms with Crippen molar-refractivity contribution >= 4 is 23.2 Å². The summed E-state index contributed by atoms with van der Waals surface area (Å²) in [7, 11) is 0. The molecule has 0 atom stereocenters. The molecule has 0 aromatic rings. The molecule has 0 saturated carbocycles. The lowest BCUT2D eigenvalue weighted by Gasteiger charge is -2.13. The highest BCUT2D eigenvalue weighted by Crippen LogP contribution is 2.06. The second kappa shape index (κ2) is 5.97. The Morgan fingerprint density at radius 1 is 1.31 bits per heavy atom. The molecule has 0 saturated heterocycles. The van der Waals surface area contributed by atoms with Crippen LogP contribution in [0.25, 0.3) is 0 Å². The van der Waals surface area contributed by atoms with E-state index in [0.717, 1.165) is 5.71 Å². The zero-order chi connectivity index (χ0) is 10.4. The maximum absolute atomic E-state index is 10.8. The summed E-state index contributed by atoms with van der Waals surface area (Å²) in [6.45, 7) is 8.19. The number of nitrogens with one attached hydrogen (secondary N) is 1. The third kappa shape index (κ3) is 4.88. The second-order valence-electron chi connectivity index (χ2n) is 3.51. The summed E-state index contributed by atoms with van der Waals surface area (Å²) in [5.74, 6) is 0.374. The summed E-state index contributed by atoms with van der Waals surface area (Å²) in [4.78, 5) is 10.8. The lowest BCUT2D eigenvalue weighted by Crippen LogP contribution is -2.24. The van der Waals surface area contributed by atoms with Crippen molar-refractivity contribution in [3.05, 3.63) is 0 Å². The van der Waals surface area contributed by atoms with Crippen molar-refractivity contribution < 1.29 is 4.79 Å². The van der Waals surface area contributed by atoms with E-state index >= 15 is 0 Å². The minimum atomic E-state index is -0.263. The van der Waals surface area contributed by atoms with E-state index in [0.29, 0.717) is 11.8 Å². The summed E-state index contributed by atoms with van der Waals surface area (Å²) in [5.41, 5.74) is 3.40. The van der Waals surface area contributed by atoms with E-state index in [2.05, 4.69) is 10.5 Å². The maximum atomic E-state index is 10.8. The zero-order valence-corrected chi connectivity index (χ0v) is 9.35. The van der Waals surface area contributed by atoms with Crippen LogP contribution in [0, 0.1) is 11.8 Å². The van der Waals surface area contributed by atoms with Gasteiger partial charge in [-0.2, -0.15) is 5.10 Å². The van der Waals surface area contributed by atoms with Crippen molar-refractivity contribution in [3.8, 4) is 0 Å². The molecule has 3 nitrogen and oxygen atoms in total. The Hall–Kier alpha value is -0.570. The van der Waals surface area contributed by atoms with Crippen molar-refractivity contribution in [3.63, 3.8) is 0 Å². The van der Waals surface area contributed by atoms with Crippen molar-refractivity contribution in [2.24, 2.45) is 16.9 Å². The van der Waals surface area contributed by atoms with Crippen LogP contribution in [0.15, 0.2) is 5.10 Å². The van der Waals surface area contributed by atoms with Crippen LogP contribution in [0.1, 0.15) is 27.7 Å². The average Bonchev–Trinajstić information content (AvgIpc) is 2.03. The van der Waals surface area contributed by atoms with Gasteiger partial charge in [-0.3, -0.25) is 4.79 Å². The molecular formula is C9H17ClN2O. The smallest absolute Gasteiger partial charge is 0.254 e. The van der Waals surface area contributed by atoms with Gasteiger partial charge in [-0.1, -0.05) is 27.7 Å². The van der Waals surface area contributed by atoms with Gasteiger partial charge in [-0.25, -0.2) is 5.43 Å². The molecule has 0 aliphatic carbocycles. The number of amides is 1. The number of hydrogen-bond acceptors (Lipinski definition) is 2. The van der Waals surface area contributed by atoms with Crippen LogP contribution in [0.3, 0.4) is 0 Å². The van der Waals surface area contributed by atoms with Gasteiger partial charge in [0.25, 0.3) is 5.91 Å². The highest BCUT2D eigenvalue weighted by Gasteiger charge is 2.10. The third-order valence-corrected chi connectivity index (χ3v) is 1.86. The largest absolute Gasteiger partial charge is 0.272 e. The first kappa shape index (κ1) is 12.4. The molecule has 1 N–H and O–H groups in total. The molecule has 0 radical (unpaired) electrons. The molecule has 0 unspecified atom stereocenters. The highest BCUT2D eigenvalue weighted by molar-refractivity contribution is 6.27. The number of hydrazone groups is 1. The molecule has 0 rings (SSSR count). The van der Waals surface area contributed by atoms with Crippen molar-refractivity contribution in [1.82, 2.24) is 5.43 Å². The first-order valence-electron chi connectivity index (χ1n) is 4.41. The molecule has 0 heterocycles. The molecule has 0 bridgehead atoms. The molecule has 1 amide bonds. The molecule has 13 heavy (non-hydrogen) atoms. The Morgan fingerprint density at radius 2 is 1.77 bits per heavy atom. The number of carbonyl (C=O) groups is 1.